The SMILES string of the molecule is CC(C)[C@H]1CC[C@@H](C)C[C@H]1OC[C@@H](O)CN1CCN(Cc2ccc(Cl)cc2)CC1. The maximum absolute atomic E-state index is 10.6. The number of piperazine rings is 1. The first-order chi connectivity index (χ1) is 13.9. The Kier molecular flexibility index (Phi) is 8.82. The average Bonchev–Trinajstić information content (AvgIpc) is 2.69. The van der Waals surface area contributed by atoms with E-state index >= 15 is 0 Å². The van der Waals surface area contributed by atoms with Gasteiger partial charge in [0.1, 0.15) is 0 Å². The third kappa shape index (κ3) is 7.22. The highest BCUT2D eigenvalue weighted by atomic mass is 35.5. The molecule has 0 amide bonds. The number of rotatable bonds is 8. The number of ether oxygens (including phenoxy) is 1. The smallest absolute Gasteiger partial charge is 0.0900 e. The molecule has 1 saturated heterocycles. The minimum absolute atomic E-state index is 0.310. The standard InChI is InChI=1S/C24H39ClN2O2/c1-18(2)23-9-4-19(3)14-24(23)29-17-22(28)16-27-12-10-26(11-13-27)15-20-5-7-21(25)8-6-20/h5-8,18-19,22-24,28H,4,9-17H2,1-3H3/t19-,22+,23-,24-/m1/s1. The van der Waals surface area contributed by atoms with Crippen LogP contribution < -0.4 is 0 Å². The van der Waals surface area contributed by atoms with Gasteiger partial charge in [-0.05, 0) is 48.3 Å². The van der Waals surface area contributed by atoms with E-state index in [0.29, 0.717) is 31.1 Å². The maximum atomic E-state index is 10.6. The van der Waals surface area contributed by atoms with E-state index in [4.69, 9.17) is 16.3 Å². The summed E-state index contributed by atoms with van der Waals surface area (Å²) in [7, 11) is 0. The second-order valence-electron chi connectivity index (χ2n) is 9.55. The lowest BCUT2D eigenvalue weighted by atomic mass is 9.75. The van der Waals surface area contributed by atoms with Crippen LogP contribution in [0.1, 0.15) is 45.6 Å². The number of halogens is 1. The fourth-order valence-corrected chi connectivity index (χ4v) is 5.00. The van der Waals surface area contributed by atoms with Crippen molar-refractivity contribution in [3.05, 3.63) is 34.9 Å². The van der Waals surface area contributed by atoms with Gasteiger partial charge < -0.3 is 9.84 Å². The van der Waals surface area contributed by atoms with Crippen molar-refractivity contribution in [1.29, 1.82) is 0 Å². The van der Waals surface area contributed by atoms with Gasteiger partial charge in [-0.15, -0.1) is 0 Å². The van der Waals surface area contributed by atoms with Crippen LogP contribution in [0.4, 0.5) is 0 Å². The Morgan fingerprint density at radius 1 is 1.07 bits per heavy atom. The van der Waals surface area contributed by atoms with Crippen molar-refractivity contribution in [2.75, 3.05) is 39.3 Å². The van der Waals surface area contributed by atoms with Crippen molar-refractivity contribution in [3.8, 4) is 0 Å². The second-order valence-corrected chi connectivity index (χ2v) is 9.99. The van der Waals surface area contributed by atoms with E-state index in [1.165, 1.54) is 18.4 Å². The Balaban J connectivity index is 1.37. The minimum Gasteiger partial charge on any atom is -0.389 e. The van der Waals surface area contributed by atoms with Crippen molar-refractivity contribution in [1.82, 2.24) is 9.80 Å². The number of hydrogen-bond acceptors (Lipinski definition) is 4. The number of β-amino-alcohol motifs (C(OH)–C–C–N with tert-alkyl or cyclic N) is 1. The molecule has 1 N–H and O–H groups in total. The van der Waals surface area contributed by atoms with Crippen LogP contribution >= 0.6 is 11.6 Å². The van der Waals surface area contributed by atoms with Gasteiger partial charge in [-0.25, -0.2) is 0 Å². The highest BCUT2D eigenvalue weighted by Crippen LogP contribution is 2.35. The molecule has 2 fully saturated rings. The van der Waals surface area contributed by atoms with E-state index in [1.807, 2.05) is 12.1 Å². The third-order valence-corrected chi connectivity index (χ3v) is 6.97. The van der Waals surface area contributed by atoms with E-state index in [9.17, 15) is 5.11 Å². The summed E-state index contributed by atoms with van der Waals surface area (Å²) in [4.78, 5) is 4.84. The zero-order valence-corrected chi connectivity index (χ0v) is 19.2. The zero-order chi connectivity index (χ0) is 20.8. The molecule has 2 aliphatic rings. The molecule has 0 radical (unpaired) electrons. The van der Waals surface area contributed by atoms with Crippen molar-refractivity contribution < 1.29 is 9.84 Å². The molecule has 0 bridgehead atoms. The summed E-state index contributed by atoms with van der Waals surface area (Å²) in [5, 5.41) is 11.3. The van der Waals surface area contributed by atoms with E-state index in [-0.39, 0.29) is 0 Å². The summed E-state index contributed by atoms with van der Waals surface area (Å²) in [6, 6.07) is 8.12. The van der Waals surface area contributed by atoms with E-state index in [2.05, 4.69) is 42.7 Å². The lowest BCUT2D eigenvalue weighted by molar-refractivity contribution is -0.0755. The molecule has 1 saturated carbocycles. The van der Waals surface area contributed by atoms with Gasteiger partial charge in [-0.1, -0.05) is 50.9 Å². The molecule has 1 aromatic rings. The summed E-state index contributed by atoms with van der Waals surface area (Å²) in [5.41, 5.74) is 1.30. The van der Waals surface area contributed by atoms with Gasteiger partial charge in [0.2, 0.25) is 0 Å². The fourth-order valence-electron chi connectivity index (χ4n) is 4.87. The monoisotopic (exact) mass is 422 g/mol. The summed E-state index contributed by atoms with van der Waals surface area (Å²) in [5.74, 6) is 2.02. The fraction of sp³-hybridized carbons (Fsp3) is 0.750. The Labute approximate surface area is 182 Å². The molecular weight excluding hydrogens is 384 g/mol. The topological polar surface area (TPSA) is 35.9 Å². The molecule has 1 aromatic carbocycles. The van der Waals surface area contributed by atoms with E-state index in [0.717, 1.165) is 50.1 Å². The largest absolute Gasteiger partial charge is 0.389 e. The molecule has 4 atom stereocenters. The quantitative estimate of drug-likeness (QED) is 0.677. The van der Waals surface area contributed by atoms with Crippen LogP contribution in [0.2, 0.25) is 5.02 Å². The first-order valence-electron chi connectivity index (χ1n) is 11.4. The Bertz CT molecular complexity index is 601. The van der Waals surface area contributed by atoms with Crippen LogP contribution in [-0.2, 0) is 11.3 Å². The van der Waals surface area contributed by atoms with E-state index < -0.39 is 6.10 Å². The first-order valence-corrected chi connectivity index (χ1v) is 11.8. The van der Waals surface area contributed by atoms with Gasteiger partial charge in [0, 0.05) is 44.3 Å². The average molecular weight is 423 g/mol. The van der Waals surface area contributed by atoms with E-state index in [1.54, 1.807) is 0 Å². The predicted octanol–water partition coefficient (Wildman–Crippen LogP) is 4.30. The third-order valence-electron chi connectivity index (χ3n) is 6.72. The van der Waals surface area contributed by atoms with Crippen molar-refractivity contribution in [3.63, 3.8) is 0 Å². The molecule has 0 spiro atoms. The lowest BCUT2D eigenvalue weighted by Crippen LogP contribution is -2.49. The van der Waals surface area contributed by atoms with Crippen molar-refractivity contribution in [2.45, 2.75) is 58.8 Å². The van der Waals surface area contributed by atoms with Gasteiger partial charge in [0.15, 0.2) is 0 Å². The number of aliphatic hydroxyl groups is 1. The predicted molar refractivity (Wildman–Crippen MR) is 120 cm³/mol. The minimum atomic E-state index is -0.400. The van der Waals surface area contributed by atoms with Crippen LogP contribution in [0.5, 0.6) is 0 Å². The van der Waals surface area contributed by atoms with Gasteiger partial charge in [0.25, 0.3) is 0 Å². The van der Waals surface area contributed by atoms with Crippen LogP contribution in [-0.4, -0.2) is 66.4 Å². The first kappa shape index (κ1) is 23.0. The summed E-state index contributed by atoms with van der Waals surface area (Å²) in [6.45, 7) is 13.1. The molecule has 4 nitrogen and oxygen atoms in total. The van der Waals surface area contributed by atoms with Gasteiger partial charge in [0.05, 0.1) is 18.8 Å². The Hall–Kier alpha value is -0.650. The number of aliphatic hydroxyl groups excluding tert-OH is 1. The van der Waals surface area contributed by atoms with Crippen LogP contribution in [0.25, 0.3) is 0 Å². The summed E-state index contributed by atoms with van der Waals surface area (Å²) in [6.07, 6.45) is 3.62. The highest BCUT2D eigenvalue weighted by molar-refractivity contribution is 6.30. The number of hydrogen-bond donors (Lipinski definition) is 1. The Morgan fingerprint density at radius 3 is 2.38 bits per heavy atom. The van der Waals surface area contributed by atoms with Crippen LogP contribution in [0, 0.1) is 17.8 Å². The molecule has 5 heteroatoms. The number of benzene rings is 1. The molecule has 3 rings (SSSR count). The molecular formula is C24H39ClN2O2. The zero-order valence-electron chi connectivity index (χ0n) is 18.4. The van der Waals surface area contributed by atoms with Gasteiger partial charge in [-0.3, -0.25) is 9.80 Å². The van der Waals surface area contributed by atoms with Crippen molar-refractivity contribution >= 4 is 11.6 Å². The lowest BCUT2D eigenvalue weighted by Gasteiger charge is -2.38. The second kappa shape index (κ2) is 11.1. The number of nitrogens with zero attached hydrogens (tertiary/aromatic N) is 2. The molecule has 29 heavy (non-hydrogen) atoms. The molecule has 1 aliphatic heterocycles. The maximum Gasteiger partial charge on any atom is 0.0900 e. The highest BCUT2D eigenvalue weighted by Gasteiger charge is 2.32. The van der Waals surface area contributed by atoms with Gasteiger partial charge in [-0.2, -0.15) is 0 Å². The summed E-state index contributed by atoms with van der Waals surface area (Å²) >= 11 is 5.97. The van der Waals surface area contributed by atoms with Crippen LogP contribution in [0.3, 0.4) is 0 Å². The molecule has 1 aliphatic carbocycles. The Morgan fingerprint density at radius 2 is 1.72 bits per heavy atom. The summed E-state index contributed by atoms with van der Waals surface area (Å²) < 4.78 is 6.24. The normalized spacial score (nSPS) is 28.0. The van der Waals surface area contributed by atoms with Crippen LogP contribution in [0.15, 0.2) is 24.3 Å². The molecule has 164 valence electrons. The molecule has 1 heterocycles. The molecule has 0 unspecified atom stereocenters. The van der Waals surface area contributed by atoms with Gasteiger partial charge >= 0.3 is 0 Å². The molecule has 0 aromatic heterocycles. The van der Waals surface area contributed by atoms with Crippen molar-refractivity contribution in [2.24, 2.45) is 17.8 Å².